The summed E-state index contributed by atoms with van der Waals surface area (Å²) in [6, 6.07) is 9.87. The van der Waals surface area contributed by atoms with Crippen molar-refractivity contribution in [2.24, 2.45) is 5.84 Å². The van der Waals surface area contributed by atoms with E-state index in [1.807, 2.05) is 18.2 Å². The van der Waals surface area contributed by atoms with Gasteiger partial charge in [0.25, 0.3) is 0 Å². The van der Waals surface area contributed by atoms with Crippen molar-refractivity contribution in [2.75, 3.05) is 24.5 Å². The summed E-state index contributed by atoms with van der Waals surface area (Å²) >= 11 is 15.5. The zero-order valence-corrected chi connectivity index (χ0v) is 18.6. The largest absolute Gasteiger partial charge is 0.400 e. The number of anilines is 1. The summed E-state index contributed by atoms with van der Waals surface area (Å²) in [5.74, 6) is 5.29. The molecule has 2 aromatic carbocycles. The molecule has 0 radical (unpaired) electrons. The molecule has 29 heavy (non-hydrogen) atoms. The van der Waals surface area contributed by atoms with Crippen molar-refractivity contribution in [3.63, 3.8) is 0 Å². The minimum atomic E-state index is -4.43. The summed E-state index contributed by atoms with van der Waals surface area (Å²) in [6.45, 7) is 0.791. The molecule has 0 aliphatic carbocycles. The lowest BCUT2D eigenvalue weighted by Crippen LogP contribution is -2.44. The second-order valence-electron chi connectivity index (χ2n) is 7.24. The maximum atomic E-state index is 14.2. The van der Waals surface area contributed by atoms with Gasteiger partial charge in [-0.25, -0.2) is 0 Å². The van der Waals surface area contributed by atoms with Gasteiger partial charge in [0.1, 0.15) is 5.41 Å². The van der Waals surface area contributed by atoms with Gasteiger partial charge in [-0.05, 0) is 60.7 Å². The molecule has 1 saturated heterocycles. The second-order valence-corrected chi connectivity index (χ2v) is 8.97. The van der Waals surface area contributed by atoms with E-state index in [1.165, 1.54) is 18.2 Å². The average Bonchev–Trinajstić information content (AvgIpc) is 3.09. The SMILES string of the molecule is NNCCCc1ccc(N2CCC(c3cc(Cl)cc(Cl)c3)(C(F)(F)F)C2)cc1Br. The van der Waals surface area contributed by atoms with Crippen molar-refractivity contribution < 1.29 is 13.2 Å². The van der Waals surface area contributed by atoms with Crippen LogP contribution in [0.4, 0.5) is 18.9 Å². The Labute approximate surface area is 186 Å². The van der Waals surface area contributed by atoms with Crippen molar-refractivity contribution in [1.29, 1.82) is 0 Å². The van der Waals surface area contributed by atoms with Crippen molar-refractivity contribution in [3.8, 4) is 0 Å². The van der Waals surface area contributed by atoms with Gasteiger partial charge in [-0.2, -0.15) is 13.2 Å². The molecule has 1 heterocycles. The van der Waals surface area contributed by atoms with Crippen LogP contribution in [0.25, 0.3) is 0 Å². The Balaban J connectivity index is 1.88. The van der Waals surface area contributed by atoms with E-state index in [9.17, 15) is 13.2 Å². The van der Waals surface area contributed by atoms with Gasteiger partial charge in [0.05, 0.1) is 0 Å². The quantitative estimate of drug-likeness (QED) is 0.290. The molecule has 0 amide bonds. The highest BCUT2D eigenvalue weighted by Gasteiger charge is 2.59. The van der Waals surface area contributed by atoms with Crippen LogP contribution in [0.5, 0.6) is 0 Å². The molecule has 0 aromatic heterocycles. The fourth-order valence-electron chi connectivity index (χ4n) is 3.81. The summed E-state index contributed by atoms with van der Waals surface area (Å²) < 4.78 is 43.6. The molecule has 1 aliphatic heterocycles. The highest BCUT2D eigenvalue weighted by Crippen LogP contribution is 2.49. The number of nitrogens with two attached hydrogens (primary N) is 1. The molecule has 1 unspecified atom stereocenters. The number of rotatable bonds is 6. The molecule has 1 fully saturated rings. The summed E-state index contributed by atoms with van der Waals surface area (Å²) in [5.41, 5.74) is 2.54. The zero-order chi connectivity index (χ0) is 21.2. The number of hydrazine groups is 1. The van der Waals surface area contributed by atoms with E-state index in [4.69, 9.17) is 29.0 Å². The van der Waals surface area contributed by atoms with E-state index in [2.05, 4.69) is 21.4 Å². The molecule has 1 aliphatic rings. The van der Waals surface area contributed by atoms with Gasteiger partial charge in [-0.3, -0.25) is 11.3 Å². The van der Waals surface area contributed by atoms with Crippen LogP contribution in [0.1, 0.15) is 24.0 Å². The number of hydrogen-bond acceptors (Lipinski definition) is 3. The molecule has 0 saturated carbocycles. The van der Waals surface area contributed by atoms with Crippen LogP contribution in [-0.2, 0) is 11.8 Å². The van der Waals surface area contributed by atoms with E-state index < -0.39 is 11.6 Å². The maximum absolute atomic E-state index is 14.2. The second kappa shape index (κ2) is 9.02. The zero-order valence-electron chi connectivity index (χ0n) is 15.5. The Kier molecular flexibility index (Phi) is 7.06. The molecule has 0 bridgehead atoms. The van der Waals surface area contributed by atoms with E-state index >= 15 is 0 Å². The number of alkyl halides is 3. The summed E-state index contributed by atoms with van der Waals surface area (Å²) in [7, 11) is 0. The third-order valence-electron chi connectivity index (χ3n) is 5.40. The number of aryl methyl sites for hydroxylation is 1. The van der Waals surface area contributed by atoms with Gasteiger partial charge in [-0.1, -0.05) is 45.2 Å². The van der Waals surface area contributed by atoms with Crippen LogP contribution < -0.4 is 16.2 Å². The Morgan fingerprint density at radius 2 is 1.83 bits per heavy atom. The first-order chi connectivity index (χ1) is 13.7. The molecule has 2 aromatic rings. The minimum Gasteiger partial charge on any atom is -0.370 e. The Hall–Kier alpha value is -0.990. The Morgan fingerprint density at radius 1 is 1.14 bits per heavy atom. The summed E-state index contributed by atoms with van der Waals surface area (Å²) in [4.78, 5) is 1.76. The molecule has 3 rings (SSSR count). The first-order valence-electron chi connectivity index (χ1n) is 9.16. The van der Waals surface area contributed by atoms with Gasteiger partial charge in [0.15, 0.2) is 0 Å². The van der Waals surface area contributed by atoms with Gasteiger partial charge in [0.2, 0.25) is 0 Å². The summed E-state index contributed by atoms with van der Waals surface area (Å²) in [6.07, 6.45) is -2.81. The lowest BCUT2D eigenvalue weighted by Gasteiger charge is -2.33. The number of benzene rings is 2. The average molecular weight is 511 g/mol. The fraction of sp³-hybridized carbons (Fsp3) is 0.400. The minimum absolute atomic E-state index is 0.0608. The maximum Gasteiger partial charge on any atom is 0.400 e. The van der Waals surface area contributed by atoms with Gasteiger partial charge >= 0.3 is 6.18 Å². The van der Waals surface area contributed by atoms with E-state index in [0.717, 1.165) is 28.6 Å². The van der Waals surface area contributed by atoms with E-state index in [0.29, 0.717) is 6.54 Å². The first-order valence-corrected chi connectivity index (χ1v) is 10.7. The molecule has 9 heteroatoms. The standard InChI is InChI=1S/C20H21BrCl2F3N3/c21-18-11-17(4-3-13(18)2-1-6-28-27)29-7-5-19(12-29,20(24,25)26)14-8-15(22)10-16(23)9-14/h3-4,8-11,28H,1-2,5-7,12,27H2. The normalized spacial score (nSPS) is 19.8. The molecule has 158 valence electrons. The molecule has 0 spiro atoms. The smallest absolute Gasteiger partial charge is 0.370 e. The van der Waals surface area contributed by atoms with Crippen LogP contribution in [0, 0.1) is 0 Å². The van der Waals surface area contributed by atoms with Crippen LogP contribution >= 0.6 is 39.1 Å². The third-order valence-corrected chi connectivity index (χ3v) is 6.57. The molecular formula is C20H21BrCl2F3N3. The lowest BCUT2D eigenvalue weighted by molar-refractivity contribution is -0.184. The van der Waals surface area contributed by atoms with Crippen molar-refractivity contribution in [1.82, 2.24) is 5.43 Å². The molecule has 3 nitrogen and oxygen atoms in total. The van der Waals surface area contributed by atoms with Crippen LogP contribution in [-0.4, -0.2) is 25.8 Å². The topological polar surface area (TPSA) is 41.3 Å². The fourth-order valence-corrected chi connectivity index (χ4v) is 4.90. The monoisotopic (exact) mass is 509 g/mol. The highest BCUT2D eigenvalue weighted by atomic mass is 79.9. The highest BCUT2D eigenvalue weighted by molar-refractivity contribution is 9.10. The Morgan fingerprint density at radius 3 is 2.41 bits per heavy atom. The third kappa shape index (κ3) is 4.85. The van der Waals surface area contributed by atoms with Gasteiger partial charge in [0, 0.05) is 39.8 Å². The van der Waals surface area contributed by atoms with Crippen LogP contribution in [0.2, 0.25) is 10.0 Å². The van der Waals surface area contributed by atoms with Crippen LogP contribution in [0.15, 0.2) is 40.9 Å². The number of nitrogens with one attached hydrogen (secondary N) is 1. The first kappa shape index (κ1) is 22.7. The Bertz CT molecular complexity index is 858. The number of hydrogen-bond donors (Lipinski definition) is 2. The van der Waals surface area contributed by atoms with Gasteiger partial charge in [-0.15, -0.1) is 0 Å². The molecular weight excluding hydrogens is 490 g/mol. The van der Waals surface area contributed by atoms with E-state index in [1.54, 1.807) is 4.90 Å². The van der Waals surface area contributed by atoms with Crippen molar-refractivity contribution >= 4 is 44.8 Å². The number of halogens is 6. The molecule has 1 atom stereocenters. The predicted octanol–water partition coefficient (Wildman–Crippen LogP) is 5.86. The van der Waals surface area contributed by atoms with Gasteiger partial charge < -0.3 is 4.90 Å². The van der Waals surface area contributed by atoms with E-state index in [-0.39, 0.29) is 35.1 Å². The van der Waals surface area contributed by atoms with Crippen LogP contribution in [0.3, 0.4) is 0 Å². The lowest BCUT2D eigenvalue weighted by atomic mass is 9.79. The van der Waals surface area contributed by atoms with Crippen molar-refractivity contribution in [2.45, 2.75) is 30.9 Å². The summed E-state index contributed by atoms with van der Waals surface area (Å²) in [5, 5.41) is 0.405. The number of nitrogens with zero attached hydrogens (tertiary/aromatic N) is 1. The molecule has 3 N–H and O–H groups in total. The predicted molar refractivity (Wildman–Crippen MR) is 116 cm³/mol. The van der Waals surface area contributed by atoms with Crippen molar-refractivity contribution in [3.05, 3.63) is 62.0 Å².